The maximum absolute atomic E-state index is 12.5. The lowest BCUT2D eigenvalue weighted by molar-refractivity contribution is -0.157. The molecule has 2 aromatic heterocycles. The molecule has 0 saturated carbocycles. The van der Waals surface area contributed by atoms with Crippen molar-refractivity contribution < 1.29 is 14.3 Å². The van der Waals surface area contributed by atoms with E-state index in [1.165, 1.54) is 18.2 Å². The van der Waals surface area contributed by atoms with Crippen molar-refractivity contribution in [1.82, 2.24) is 14.9 Å². The molecule has 0 aliphatic carbocycles. The molecule has 6 nitrogen and oxygen atoms in total. The van der Waals surface area contributed by atoms with Crippen LogP contribution in [0.2, 0.25) is 0 Å². The van der Waals surface area contributed by atoms with Gasteiger partial charge in [-0.1, -0.05) is 15.9 Å². The molecule has 0 spiro atoms. The molecular weight excluding hydrogens is 482 g/mol. The second kappa shape index (κ2) is 9.95. The van der Waals surface area contributed by atoms with Gasteiger partial charge in [-0.15, -0.1) is 0 Å². The average Bonchev–Trinajstić information content (AvgIpc) is 3.07. The maximum Gasteiger partial charge on any atom is 0.332 e. The summed E-state index contributed by atoms with van der Waals surface area (Å²) >= 11 is 3.61. The van der Waals surface area contributed by atoms with E-state index in [0.29, 0.717) is 0 Å². The van der Waals surface area contributed by atoms with Gasteiger partial charge in [-0.2, -0.15) is 0 Å². The Morgan fingerprint density at radius 3 is 2.45 bits per heavy atom. The fourth-order valence-electron chi connectivity index (χ4n) is 5.11. The Hall–Kier alpha value is -2.22. The van der Waals surface area contributed by atoms with Gasteiger partial charge in [0.05, 0.1) is 5.69 Å². The van der Waals surface area contributed by atoms with Gasteiger partial charge < -0.3 is 19.4 Å². The molecule has 176 valence electrons. The van der Waals surface area contributed by atoms with Crippen molar-refractivity contribution >= 4 is 32.9 Å². The highest BCUT2D eigenvalue weighted by Crippen LogP contribution is 2.39. The first-order valence-corrected chi connectivity index (χ1v) is 12.2. The molecule has 0 amide bonds. The Bertz CT molecular complexity index is 1160. The molecule has 7 heteroatoms. The normalized spacial score (nSPS) is 15.7. The summed E-state index contributed by atoms with van der Waals surface area (Å²) in [6.07, 6.45) is 3.73. The Balaban J connectivity index is 1.91. The Morgan fingerprint density at radius 2 is 1.82 bits per heavy atom. The van der Waals surface area contributed by atoms with Crippen molar-refractivity contribution in [1.29, 1.82) is 0 Å². The van der Waals surface area contributed by atoms with E-state index in [4.69, 9.17) is 14.5 Å². The van der Waals surface area contributed by atoms with Crippen LogP contribution in [-0.4, -0.2) is 42.3 Å². The van der Waals surface area contributed by atoms with E-state index in [2.05, 4.69) is 71.0 Å². The topological polar surface area (TPSA) is 65.4 Å². The highest BCUT2D eigenvalue weighted by molar-refractivity contribution is 9.10. The van der Waals surface area contributed by atoms with Gasteiger partial charge in [0.25, 0.3) is 0 Å². The van der Waals surface area contributed by atoms with Gasteiger partial charge in [-0.05, 0) is 88.5 Å². The quantitative estimate of drug-likeness (QED) is 0.455. The van der Waals surface area contributed by atoms with Gasteiger partial charge >= 0.3 is 5.97 Å². The zero-order valence-corrected chi connectivity index (χ0v) is 21.6. The highest BCUT2D eigenvalue weighted by Gasteiger charge is 2.31. The molecule has 1 fully saturated rings. The third-order valence-electron chi connectivity index (χ3n) is 6.44. The third kappa shape index (κ3) is 4.86. The molecule has 1 aliphatic rings. The highest BCUT2D eigenvalue weighted by atomic mass is 79.9. The molecular formula is C26H32BrN3O3. The lowest BCUT2D eigenvalue weighted by atomic mass is 9.86. The second-order valence-corrected chi connectivity index (χ2v) is 9.97. The standard InChI is InChI=1S/C26H32BrN3O3/c1-15-10-20(27)11-16(2)24(15)30-13-17(3)23-21(12-18(4)29-26(23)30)25(33-22(31)14-32-5)19-6-8-28-9-7-19/h10-13,19,25,28H,6-9,14H2,1-5H3. The number of piperidine rings is 1. The summed E-state index contributed by atoms with van der Waals surface area (Å²) in [6, 6.07) is 6.35. The fourth-order valence-corrected chi connectivity index (χ4v) is 5.80. The number of hydrogen-bond acceptors (Lipinski definition) is 5. The molecule has 4 rings (SSSR count). The van der Waals surface area contributed by atoms with Gasteiger partial charge in [0.1, 0.15) is 18.4 Å². The van der Waals surface area contributed by atoms with E-state index in [9.17, 15) is 4.79 Å². The molecule has 1 unspecified atom stereocenters. The van der Waals surface area contributed by atoms with Gasteiger partial charge in [0, 0.05) is 40.3 Å². The number of pyridine rings is 1. The molecule has 0 bridgehead atoms. The zero-order chi connectivity index (χ0) is 23.7. The van der Waals surface area contributed by atoms with Crippen molar-refractivity contribution in [3.05, 3.63) is 56.8 Å². The Kier molecular flexibility index (Phi) is 7.22. The number of nitrogens with zero attached hydrogens (tertiary/aromatic N) is 2. The van der Waals surface area contributed by atoms with Gasteiger partial charge in [-0.3, -0.25) is 0 Å². The minimum atomic E-state index is -0.333. The van der Waals surface area contributed by atoms with E-state index in [0.717, 1.165) is 63.9 Å². The number of ether oxygens (including phenoxy) is 2. The van der Waals surface area contributed by atoms with Crippen LogP contribution < -0.4 is 5.32 Å². The number of methoxy groups -OCH3 is 1. The third-order valence-corrected chi connectivity index (χ3v) is 6.90. The largest absolute Gasteiger partial charge is 0.455 e. The molecule has 1 saturated heterocycles. The predicted octanol–water partition coefficient (Wildman–Crippen LogP) is 5.25. The molecule has 33 heavy (non-hydrogen) atoms. The Labute approximate surface area is 203 Å². The predicted molar refractivity (Wildman–Crippen MR) is 134 cm³/mol. The van der Waals surface area contributed by atoms with E-state index < -0.39 is 0 Å². The van der Waals surface area contributed by atoms with Crippen LogP contribution in [-0.2, 0) is 14.3 Å². The van der Waals surface area contributed by atoms with Gasteiger partial charge in [-0.25, -0.2) is 9.78 Å². The molecule has 1 N–H and O–H groups in total. The van der Waals surface area contributed by atoms with Crippen LogP contribution in [0, 0.1) is 33.6 Å². The molecule has 1 atom stereocenters. The van der Waals surface area contributed by atoms with Gasteiger partial charge in [0.15, 0.2) is 0 Å². The summed E-state index contributed by atoms with van der Waals surface area (Å²) in [6.45, 7) is 10.2. The zero-order valence-electron chi connectivity index (χ0n) is 20.0. The van der Waals surface area contributed by atoms with Crippen LogP contribution in [0.4, 0.5) is 0 Å². The van der Waals surface area contributed by atoms with Crippen LogP contribution >= 0.6 is 15.9 Å². The maximum atomic E-state index is 12.5. The summed E-state index contributed by atoms with van der Waals surface area (Å²) in [4.78, 5) is 17.5. The number of fused-ring (bicyclic) bond motifs is 1. The van der Waals surface area contributed by atoms with Crippen molar-refractivity contribution in [2.45, 2.75) is 46.6 Å². The number of benzene rings is 1. The van der Waals surface area contributed by atoms with Crippen molar-refractivity contribution in [3.63, 3.8) is 0 Å². The number of halogens is 1. The smallest absolute Gasteiger partial charge is 0.332 e. The van der Waals surface area contributed by atoms with Crippen LogP contribution in [0.5, 0.6) is 0 Å². The summed E-state index contributed by atoms with van der Waals surface area (Å²) in [7, 11) is 1.52. The number of hydrogen-bond donors (Lipinski definition) is 1. The second-order valence-electron chi connectivity index (χ2n) is 9.05. The summed E-state index contributed by atoms with van der Waals surface area (Å²) in [5, 5.41) is 4.48. The lowest BCUT2D eigenvalue weighted by Gasteiger charge is -2.31. The number of aryl methyl sites for hydroxylation is 4. The average molecular weight is 514 g/mol. The minimum Gasteiger partial charge on any atom is -0.455 e. The number of carbonyl (C=O) groups excluding carboxylic acids is 1. The van der Waals surface area contributed by atoms with E-state index in [1.807, 2.05) is 6.92 Å². The number of esters is 1. The SMILES string of the molecule is COCC(=O)OC(c1cc(C)nc2c1c(C)cn2-c1c(C)cc(Br)cc1C)C1CCNCC1. The van der Waals surface area contributed by atoms with Crippen LogP contribution in [0.3, 0.4) is 0 Å². The van der Waals surface area contributed by atoms with Gasteiger partial charge in [0.2, 0.25) is 0 Å². The number of carbonyl (C=O) groups is 1. The number of rotatable bonds is 6. The molecule has 3 aromatic rings. The van der Waals surface area contributed by atoms with Crippen molar-refractivity contribution in [3.8, 4) is 5.69 Å². The first kappa shape index (κ1) is 23.9. The summed E-state index contributed by atoms with van der Waals surface area (Å²) in [5.41, 5.74) is 7.45. The van der Waals surface area contributed by atoms with Crippen molar-refractivity contribution in [2.75, 3.05) is 26.8 Å². The van der Waals surface area contributed by atoms with Crippen LogP contribution in [0.15, 0.2) is 28.9 Å². The molecule has 3 heterocycles. The van der Waals surface area contributed by atoms with E-state index in [1.54, 1.807) is 0 Å². The first-order chi connectivity index (χ1) is 15.8. The summed E-state index contributed by atoms with van der Waals surface area (Å²) in [5.74, 6) is -0.0868. The molecule has 1 aliphatic heterocycles. The molecule has 0 radical (unpaired) electrons. The van der Waals surface area contributed by atoms with E-state index in [-0.39, 0.29) is 24.6 Å². The molecule has 1 aromatic carbocycles. The monoisotopic (exact) mass is 513 g/mol. The van der Waals surface area contributed by atoms with E-state index >= 15 is 0 Å². The number of aromatic nitrogens is 2. The Morgan fingerprint density at radius 1 is 1.15 bits per heavy atom. The fraction of sp³-hybridized carbons (Fsp3) is 0.462. The first-order valence-electron chi connectivity index (χ1n) is 11.5. The lowest BCUT2D eigenvalue weighted by Crippen LogP contribution is -2.33. The van der Waals surface area contributed by atoms with Crippen LogP contribution in [0.1, 0.15) is 46.9 Å². The minimum absolute atomic E-state index is 0.0496. The summed E-state index contributed by atoms with van der Waals surface area (Å²) < 4.78 is 14.4. The number of nitrogens with one attached hydrogen (secondary N) is 1. The van der Waals surface area contributed by atoms with Crippen LogP contribution in [0.25, 0.3) is 16.7 Å². The van der Waals surface area contributed by atoms with Crippen molar-refractivity contribution in [2.24, 2.45) is 5.92 Å².